The Morgan fingerprint density at radius 1 is 1.03 bits per heavy atom. The molecule has 2 amide bonds. The maximum Gasteiger partial charge on any atom is 0.242 e. The predicted molar refractivity (Wildman–Crippen MR) is 137 cm³/mol. The van der Waals surface area contributed by atoms with Crippen LogP contribution in [0.15, 0.2) is 48.9 Å². The first kappa shape index (κ1) is 26.4. The molecule has 0 aliphatic carbocycles. The fraction of sp³-hybridized carbons (Fsp3) is 0.400. The predicted octanol–water partition coefficient (Wildman–Crippen LogP) is 1.41. The Morgan fingerprint density at radius 2 is 1.77 bits per heavy atom. The molecule has 2 atom stereocenters. The van der Waals surface area contributed by atoms with Gasteiger partial charge < -0.3 is 32.2 Å². The topological polar surface area (TPSA) is 159 Å². The number of benzene rings is 1. The van der Waals surface area contributed by atoms with Crippen molar-refractivity contribution in [1.82, 2.24) is 20.6 Å². The average molecular weight is 499 g/mol. The summed E-state index contributed by atoms with van der Waals surface area (Å²) in [7, 11) is 0. The fourth-order valence-electron chi connectivity index (χ4n) is 3.65. The number of nitrogens with two attached hydrogens (primary N) is 2. The number of imidazole rings is 1. The number of aromatic hydroxyl groups is 1. The van der Waals surface area contributed by atoms with Gasteiger partial charge >= 0.3 is 0 Å². The largest absolute Gasteiger partial charge is 0.508 e. The van der Waals surface area contributed by atoms with Gasteiger partial charge in [0.05, 0.1) is 12.4 Å². The van der Waals surface area contributed by atoms with E-state index in [-0.39, 0.29) is 24.5 Å². The summed E-state index contributed by atoms with van der Waals surface area (Å²) in [5.41, 5.74) is 13.2. The van der Waals surface area contributed by atoms with Gasteiger partial charge in [0, 0.05) is 41.0 Å². The molecule has 0 aliphatic rings. The third-order valence-electron chi connectivity index (χ3n) is 5.61. The molecule has 2 aromatic heterocycles. The lowest BCUT2D eigenvalue weighted by molar-refractivity contribution is -0.129. The first-order valence-electron chi connectivity index (χ1n) is 11.8. The molecule has 0 saturated heterocycles. The van der Waals surface area contributed by atoms with Crippen molar-refractivity contribution >= 4 is 23.2 Å². The standard InChI is InChI=1S/C25H34N6O3S/c26-11-2-1-3-20-8-9-21(35-20)10-12-29-25(34)23(13-17-4-6-19(32)7-5-17)31-24(33)22(27)14-18-15-28-16-30-18/h4-9,15-16,22-23,32H,1-3,10-14,26-27H2,(H,28,30)(H,29,34)(H,31,33)/t22-,23-/m0/s1. The number of phenolic OH excluding ortho intramolecular Hbond substituents is 1. The van der Waals surface area contributed by atoms with Gasteiger partial charge in [0.25, 0.3) is 0 Å². The fourth-order valence-corrected chi connectivity index (χ4v) is 4.71. The summed E-state index contributed by atoms with van der Waals surface area (Å²) in [4.78, 5) is 35.1. The normalized spacial score (nSPS) is 12.7. The lowest BCUT2D eigenvalue weighted by atomic mass is 10.0. The molecule has 3 rings (SSSR count). The van der Waals surface area contributed by atoms with E-state index >= 15 is 0 Å². The summed E-state index contributed by atoms with van der Waals surface area (Å²) in [6.45, 7) is 1.17. The molecule has 188 valence electrons. The third kappa shape index (κ3) is 8.82. The van der Waals surface area contributed by atoms with Crippen LogP contribution in [0.4, 0.5) is 0 Å². The van der Waals surface area contributed by atoms with Crippen LogP contribution in [0.1, 0.15) is 33.9 Å². The number of rotatable bonds is 14. The number of nitrogens with zero attached hydrogens (tertiary/aromatic N) is 1. The molecule has 2 heterocycles. The minimum absolute atomic E-state index is 0.138. The first-order chi connectivity index (χ1) is 16.9. The molecule has 0 spiro atoms. The molecule has 9 nitrogen and oxygen atoms in total. The van der Waals surface area contributed by atoms with Crippen molar-refractivity contribution < 1.29 is 14.7 Å². The Labute approximate surface area is 209 Å². The lowest BCUT2D eigenvalue weighted by Crippen LogP contribution is -2.53. The van der Waals surface area contributed by atoms with Crippen LogP contribution in [0.25, 0.3) is 0 Å². The van der Waals surface area contributed by atoms with E-state index in [4.69, 9.17) is 11.5 Å². The number of hydrogen-bond acceptors (Lipinski definition) is 7. The van der Waals surface area contributed by atoms with Gasteiger partial charge in [-0.2, -0.15) is 0 Å². The monoisotopic (exact) mass is 498 g/mol. The lowest BCUT2D eigenvalue weighted by Gasteiger charge is -2.21. The number of carbonyl (C=O) groups excluding carboxylic acids is 2. The molecular formula is C25H34N6O3S. The average Bonchev–Trinajstić information content (AvgIpc) is 3.52. The smallest absolute Gasteiger partial charge is 0.242 e. The van der Waals surface area contributed by atoms with E-state index < -0.39 is 18.0 Å². The molecule has 3 aromatic rings. The molecule has 0 saturated carbocycles. The van der Waals surface area contributed by atoms with Crippen LogP contribution in [-0.2, 0) is 35.3 Å². The minimum atomic E-state index is -0.825. The zero-order valence-electron chi connectivity index (χ0n) is 19.7. The zero-order valence-corrected chi connectivity index (χ0v) is 20.5. The van der Waals surface area contributed by atoms with E-state index in [0.29, 0.717) is 19.5 Å². The number of aromatic nitrogens is 2. The van der Waals surface area contributed by atoms with Gasteiger partial charge in [-0.3, -0.25) is 9.59 Å². The van der Waals surface area contributed by atoms with E-state index in [9.17, 15) is 14.7 Å². The molecule has 0 unspecified atom stereocenters. The van der Waals surface area contributed by atoms with E-state index in [1.807, 2.05) is 0 Å². The Balaban J connectivity index is 1.56. The Bertz CT molecular complexity index is 1050. The van der Waals surface area contributed by atoms with Crippen LogP contribution >= 0.6 is 11.3 Å². The second-order valence-electron chi connectivity index (χ2n) is 8.47. The minimum Gasteiger partial charge on any atom is -0.508 e. The number of unbranched alkanes of at least 4 members (excludes halogenated alkanes) is 1. The molecule has 10 heteroatoms. The molecule has 0 aliphatic heterocycles. The van der Waals surface area contributed by atoms with Gasteiger partial charge in [0.2, 0.25) is 11.8 Å². The Kier molecular flexibility index (Phi) is 10.3. The highest BCUT2D eigenvalue weighted by molar-refractivity contribution is 7.12. The number of H-pyrrole nitrogens is 1. The highest BCUT2D eigenvalue weighted by Gasteiger charge is 2.24. The van der Waals surface area contributed by atoms with Crippen molar-refractivity contribution in [2.45, 2.75) is 50.6 Å². The van der Waals surface area contributed by atoms with Crippen molar-refractivity contribution in [3.8, 4) is 5.75 Å². The maximum atomic E-state index is 13.0. The second-order valence-corrected chi connectivity index (χ2v) is 9.73. The highest BCUT2D eigenvalue weighted by Crippen LogP contribution is 2.19. The van der Waals surface area contributed by atoms with Gasteiger partial charge in [0.15, 0.2) is 0 Å². The second kappa shape index (κ2) is 13.6. The summed E-state index contributed by atoms with van der Waals surface area (Å²) in [6.07, 6.45) is 7.53. The van der Waals surface area contributed by atoms with Gasteiger partial charge in [-0.1, -0.05) is 12.1 Å². The number of phenols is 1. The number of amides is 2. The van der Waals surface area contributed by atoms with Crippen molar-refractivity contribution in [3.05, 3.63) is 69.9 Å². The summed E-state index contributed by atoms with van der Waals surface area (Å²) in [5, 5.41) is 15.3. The van der Waals surface area contributed by atoms with Crippen LogP contribution < -0.4 is 22.1 Å². The van der Waals surface area contributed by atoms with Gasteiger partial charge in [-0.25, -0.2) is 4.98 Å². The SMILES string of the molecule is NCCCCc1ccc(CCNC(=O)[C@H](Cc2ccc(O)cc2)NC(=O)[C@@H](N)Cc2cnc[nH]2)s1. The first-order valence-corrected chi connectivity index (χ1v) is 12.6. The van der Waals surface area contributed by atoms with Crippen molar-refractivity contribution in [1.29, 1.82) is 0 Å². The molecule has 1 aromatic carbocycles. The van der Waals surface area contributed by atoms with Gasteiger partial charge in [-0.05, 0) is 62.1 Å². The summed E-state index contributed by atoms with van der Waals surface area (Å²) >= 11 is 1.75. The molecule has 0 fully saturated rings. The van der Waals surface area contributed by atoms with Crippen molar-refractivity contribution in [2.75, 3.05) is 13.1 Å². The number of hydrogen-bond donors (Lipinski definition) is 6. The summed E-state index contributed by atoms with van der Waals surface area (Å²) in [5.74, 6) is -0.558. The van der Waals surface area contributed by atoms with Crippen LogP contribution in [0.5, 0.6) is 5.75 Å². The highest BCUT2D eigenvalue weighted by atomic mass is 32.1. The van der Waals surface area contributed by atoms with Crippen molar-refractivity contribution in [2.24, 2.45) is 11.5 Å². The number of aryl methyl sites for hydroxylation is 1. The van der Waals surface area contributed by atoms with E-state index in [2.05, 4.69) is 32.7 Å². The van der Waals surface area contributed by atoms with E-state index in [1.54, 1.807) is 41.8 Å². The summed E-state index contributed by atoms with van der Waals surface area (Å²) in [6, 6.07) is 9.17. The van der Waals surface area contributed by atoms with Crippen LogP contribution in [-0.4, -0.2) is 52.1 Å². The van der Waals surface area contributed by atoms with Crippen LogP contribution in [0.2, 0.25) is 0 Å². The number of thiophene rings is 1. The Morgan fingerprint density at radius 3 is 2.46 bits per heavy atom. The molecule has 35 heavy (non-hydrogen) atoms. The van der Waals surface area contributed by atoms with Crippen LogP contribution in [0.3, 0.4) is 0 Å². The number of aromatic amines is 1. The van der Waals surface area contributed by atoms with Crippen molar-refractivity contribution in [3.63, 3.8) is 0 Å². The van der Waals surface area contributed by atoms with Gasteiger partial charge in [0.1, 0.15) is 11.8 Å². The summed E-state index contributed by atoms with van der Waals surface area (Å²) < 4.78 is 0. The van der Waals surface area contributed by atoms with E-state index in [0.717, 1.165) is 30.5 Å². The zero-order chi connectivity index (χ0) is 25.0. The third-order valence-corrected chi connectivity index (χ3v) is 6.81. The maximum absolute atomic E-state index is 13.0. The molecule has 0 bridgehead atoms. The quantitative estimate of drug-likeness (QED) is 0.184. The van der Waals surface area contributed by atoms with Crippen LogP contribution in [0, 0.1) is 0 Å². The van der Waals surface area contributed by atoms with E-state index in [1.165, 1.54) is 16.1 Å². The van der Waals surface area contributed by atoms with Gasteiger partial charge in [-0.15, -0.1) is 11.3 Å². The molecule has 8 N–H and O–H groups in total. The Hall–Kier alpha value is -3.21. The molecule has 0 radical (unpaired) electrons. The number of carbonyl (C=O) groups is 2. The number of nitrogens with one attached hydrogen (secondary N) is 3. The molecular weight excluding hydrogens is 464 g/mol.